The Morgan fingerprint density at radius 2 is 1.06 bits per heavy atom. The fourth-order valence-corrected chi connectivity index (χ4v) is 13.8. The first-order valence-corrected chi connectivity index (χ1v) is 37.9. The predicted octanol–water partition coefficient (Wildman–Crippen LogP) is 4.84. The highest BCUT2D eigenvalue weighted by molar-refractivity contribution is 6.00. The molecule has 103 heavy (non-hydrogen) atoms. The molecule has 27 heteroatoms. The lowest BCUT2D eigenvalue weighted by molar-refractivity contribution is -0.322. The second-order valence-electron chi connectivity index (χ2n) is 31.0. The van der Waals surface area contributed by atoms with Gasteiger partial charge in [0.25, 0.3) is 5.91 Å². The first kappa shape index (κ1) is 88.6. The zero-order chi connectivity index (χ0) is 77.4. The van der Waals surface area contributed by atoms with Gasteiger partial charge in [-0.1, -0.05) is 126 Å². The molecule has 5 N–H and O–H groups in total. The van der Waals surface area contributed by atoms with Crippen LogP contribution in [0, 0.1) is 35.5 Å². The Labute approximate surface area is 615 Å². The maximum absolute atomic E-state index is 15.4. The van der Waals surface area contributed by atoms with E-state index in [9.17, 15) is 24.0 Å². The highest BCUT2D eigenvalue weighted by atomic mass is 16.7. The molecule has 1 aromatic carbocycles. The normalized spacial score (nSPS) is 27.1. The average molecular weight is 1450 g/mol. The average Bonchev–Trinajstić information content (AvgIpc) is 0.755. The van der Waals surface area contributed by atoms with Crippen molar-refractivity contribution in [1.29, 1.82) is 0 Å². The van der Waals surface area contributed by atoms with Crippen molar-refractivity contribution in [2.24, 2.45) is 35.5 Å². The Hall–Kier alpha value is -6.81. The van der Waals surface area contributed by atoms with E-state index in [0.29, 0.717) is 26.1 Å². The molecule has 14 atom stereocenters. The standard InChI is InChI=1S/C76H131N13O14/c1-23-57-72(96)82(17)54(15)71(95)87(22)63(55(16)102-39-31-30-36-88-37-40-101-41-38-88)68(92)81-61(49(8)9)75(99)83(18)58(42-46(2)3)67(91)78-52(13)66(90)79-53(14)70(94)84(19)59(43-47(4)5)73(97)85(20)60(44-48(6)7)74(98)86(21)62(50(10)11)76(100)89-64(69(93)80-57)65(103-89)51(12)32-26-25-29-35-77-45-56-33-27-24-28-34-56/h24,27-28,33-34,46-55,57-65,77H,23,25-26,29-32,35-45H2,1-22H3,(H,78,91)(H,79,90)(H,80,93)(H,81,92)/t51-,52+,53-,54-,55-,57+,58+,59+,60+,61+,62+,63+,64+,65-/m1/s1. The molecule has 0 aliphatic carbocycles. The van der Waals surface area contributed by atoms with Crippen LogP contribution in [0.25, 0.3) is 0 Å². The number of hydrogen-bond acceptors (Lipinski definition) is 16. The summed E-state index contributed by atoms with van der Waals surface area (Å²) in [6, 6.07) is -3.49. The topological polar surface area (TPSA) is 302 Å². The third kappa shape index (κ3) is 25.2. The molecular formula is C76H131N13O14. The summed E-state index contributed by atoms with van der Waals surface area (Å²) in [4.78, 5) is 181. The summed E-state index contributed by atoms with van der Waals surface area (Å²) in [6.45, 7) is 33.5. The largest absolute Gasteiger partial charge is 0.379 e. The lowest BCUT2D eigenvalue weighted by Gasteiger charge is -2.50. The molecule has 584 valence electrons. The maximum Gasteiger partial charge on any atom is 0.270 e. The van der Waals surface area contributed by atoms with E-state index < -0.39 is 155 Å². The van der Waals surface area contributed by atoms with Crippen molar-refractivity contribution in [3.05, 3.63) is 35.9 Å². The monoisotopic (exact) mass is 1450 g/mol. The van der Waals surface area contributed by atoms with Gasteiger partial charge in [-0.3, -0.25) is 62.5 Å². The van der Waals surface area contributed by atoms with E-state index in [1.54, 1.807) is 41.5 Å². The molecule has 3 heterocycles. The number of nitrogens with one attached hydrogen (secondary N) is 5. The second kappa shape index (κ2) is 42.4. The highest BCUT2D eigenvalue weighted by Crippen LogP contribution is 2.34. The minimum atomic E-state index is -1.38. The van der Waals surface area contributed by atoms with Crippen LogP contribution >= 0.6 is 0 Å². The molecule has 27 nitrogen and oxygen atoms in total. The number of likely N-dealkylation sites (N-methyl/N-ethyl adjacent to an activating group) is 6. The first-order chi connectivity index (χ1) is 48.4. The minimum Gasteiger partial charge on any atom is -0.379 e. The van der Waals surface area contributed by atoms with Crippen molar-refractivity contribution < 1.29 is 67.1 Å². The Kier molecular flexibility index (Phi) is 36.4. The molecule has 3 fully saturated rings. The van der Waals surface area contributed by atoms with Crippen LogP contribution < -0.4 is 26.6 Å². The molecular weight excluding hydrogens is 1320 g/mol. The van der Waals surface area contributed by atoms with Gasteiger partial charge in [0.1, 0.15) is 66.5 Å². The van der Waals surface area contributed by atoms with E-state index in [4.69, 9.17) is 14.3 Å². The van der Waals surface area contributed by atoms with Crippen molar-refractivity contribution in [3.63, 3.8) is 0 Å². The predicted molar refractivity (Wildman–Crippen MR) is 396 cm³/mol. The highest BCUT2D eigenvalue weighted by Gasteiger charge is 2.55. The summed E-state index contributed by atoms with van der Waals surface area (Å²) < 4.78 is 11.9. The van der Waals surface area contributed by atoms with E-state index in [1.807, 2.05) is 66.7 Å². The van der Waals surface area contributed by atoms with E-state index in [1.165, 1.54) is 98.0 Å². The number of ether oxygens (including phenoxy) is 2. The maximum atomic E-state index is 15.4. The van der Waals surface area contributed by atoms with Crippen molar-refractivity contribution in [2.75, 3.05) is 88.3 Å². The fourth-order valence-electron chi connectivity index (χ4n) is 13.8. The lowest BCUT2D eigenvalue weighted by Crippen LogP contribution is -2.72. The Bertz CT molecular complexity index is 2930. The quantitative estimate of drug-likeness (QED) is 0.0819. The number of carbonyl (C=O) groups excluding carboxylic acids is 11. The van der Waals surface area contributed by atoms with Crippen LogP contribution in [0.4, 0.5) is 0 Å². The molecule has 1 aromatic rings. The van der Waals surface area contributed by atoms with E-state index in [-0.39, 0.29) is 56.0 Å². The summed E-state index contributed by atoms with van der Waals surface area (Å²) in [5, 5.41) is 15.8. The van der Waals surface area contributed by atoms with Crippen molar-refractivity contribution in [3.8, 4) is 0 Å². The Morgan fingerprint density at radius 3 is 1.62 bits per heavy atom. The molecule has 0 saturated carbocycles. The van der Waals surface area contributed by atoms with Crippen LogP contribution in [0.5, 0.6) is 0 Å². The summed E-state index contributed by atoms with van der Waals surface area (Å²) in [5.74, 6) is -9.21. The molecule has 4 rings (SSSR count). The molecule has 0 aromatic heterocycles. The van der Waals surface area contributed by atoms with Gasteiger partial charge in [-0.25, -0.2) is 5.06 Å². The SMILES string of the molecule is CC[C@@H]1NC(=O)[C@@H]2[C@@H]([C@H](C)CCCCCNCc3ccccc3)ON2C(=O)[C@H](C(C)C)N(C)C(=O)[C@H](CC(C)C)N(C)C(=O)[C@H](CC(C)C)N(C)C(=O)[C@@H](C)NC(=O)[C@H](C)NC(=O)[C@H](CC(C)C)N(C)C(=O)[C@H](C(C)C)NC(=O)[C@H]([C@@H](C)OCCCCN2CCOCC2)N(C)C(=O)[C@@H](C)N(C)C1=O. The number of morpholine rings is 1. The van der Waals surface area contributed by atoms with Crippen LogP contribution in [0.2, 0.25) is 0 Å². The fraction of sp³-hybridized carbons (Fsp3) is 0.776. The molecule has 11 amide bonds. The van der Waals surface area contributed by atoms with Gasteiger partial charge >= 0.3 is 0 Å². The van der Waals surface area contributed by atoms with Gasteiger partial charge in [0.15, 0.2) is 6.04 Å². The van der Waals surface area contributed by atoms with Gasteiger partial charge < -0.3 is 65.5 Å². The molecule has 0 radical (unpaired) electrons. The number of unbranched alkanes of at least 4 members (excludes halogenated alkanes) is 3. The van der Waals surface area contributed by atoms with Crippen LogP contribution in [0.3, 0.4) is 0 Å². The van der Waals surface area contributed by atoms with Crippen molar-refractivity contribution in [1.82, 2.24) is 65.9 Å². The number of hydroxylamine groups is 2. The number of carbonyl (C=O) groups is 11. The summed E-state index contributed by atoms with van der Waals surface area (Å²) in [5.41, 5.74) is 1.18. The molecule has 0 unspecified atom stereocenters. The third-order valence-electron chi connectivity index (χ3n) is 20.4. The molecule has 0 bridgehead atoms. The molecule has 3 aliphatic rings. The zero-order valence-electron chi connectivity index (χ0n) is 66.4. The minimum absolute atomic E-state index is 0.0519. The number of fused-ring (bicyclic) bond motifs is 1. The van der Waals surface area contributed by atoms with Gasteiger partial charge in [-0.05, 0) is 133 Å². The van der Waals surface area contributed by atoms with Crippen LogP contribution in [0.1, 0.15) is 181 Å². The molecule has 3 aliphatic heterocycles. The molecule has 3 saturated heterocycles. The number of benzene rings is 1. The van der Waals surface area contributed by atoms with E-state index >= 15 is 28.8 Å². The van der Waals surface area contributed by atoms with Gasteiger partial charge in [-0.15, -0.1) is 0 Å². The third-order valence-corrected chi connectivity index (χ3v) is 20.4. The van der Waals surface area contributed by atoms with Crippen LogP contribution in [-0.4, -0.2) is 271 Å². The summed E-state index contributed by atoms with van der Waals surface area (Å²) in [7, 11) is 8.72. The van der Waals surface area contributed by atoms with Crippen LogP contribution in [-0.2, 0) is 73.6 Å². The summed E-state index contributed by atoms with van der Waals surface area (Å²) >= 11 is 0. The first-order valence-electron chi connectivity index (χ1n) is 37.9. The van der Waals surface area contributed by atoms with Crippen LogP contribution in [0.15, 0.2) is 30.3 Å². The van der Waals surface area contributed by atoms with Gasteiger partial charge in [0, 0.05) is 68.5 Å². The number of hydrogen-bond donors (Lipinski definition) is 5. The van der Waals surface area contributed by atoms with Gasteiger partial charge in [0.2, 0.25) is 59.1 Å². The van der Waals surface area contributed by atoms with Crippen molar-refractivity contribution >= 4 is 65.0 Å². The number of nitrogens with zero attached hydrogens (tertiary/aromatic N) is 8. The number of rotatable bonds is 25. The molecule has 0 spiro atoms. The lowest BCUT2D eigenvalue weighted by atomic mass is 9.88. The van der Waals surface area contributed by atoms with Gasteiger partial charge in [0.05, 0.1) is 19.3 Å². The summed E-state index contributed by atoms with van der Waals surface area (Å²) in [6.07, 6.45) is 3.24. The second-order valence-corrected chi connectivity index (χ2v) is 31.0. The zero-order valence-corrected chi connectivity index (χ0v) is 66.4. The smallest absolute Gasteiger partial charge is 0.270 e. The number of amides is 11. The Morgan fingerprint density at radius 1 is 0.515 bits per heavy atom. The van der Waals surface area contributed by atoms with Crippen molar-refractivity contribution in [2.45, 2.75) is 260 Å². The Balaban J connectivity index is 1.85. The van der Waals surface area contributed by atoms with Gasteiger partial charge in [-0.2, -0.15) is 0 Å². The van der Waals surface area contributed by atoms with E-state index in [2.05, 4.69) is 43.6 Å². The van der Waals surface area contributed by atoms with E-state index in [0.717, 1.165) is 63.5 Å².